The van der Waals surface area contributed by atoms with Gasteiger partial charge in [-0.05, 0) is 61.1 Å². The van der Waals surface area contributed by atoms with E-state index in [4.69, 9.17) is 4.74 Å². The highest BCUT2D eigenvalue weighted by atomic mass is 32.2. The van der Waals surface area contributed by atoms with Crippen LogP contribution in [0, 0.1) is 5.82 Å². The van der Waals surface area contributed by atoms with E-state index in [1.54, 1.807) is 23.9 Å². The van der Waals surface area contributed by atoms with Crippen molar-refractivity contribution in [3.8, 4) is 0 Å². The SMILES string of the molecule is CSc1ccc(/C(=C2/CC(C)(C)OC2=O)c2ccc(F)cc2)cc1. The smallest absolute Gasteiger partial charge is 0.335 e. The van der Waals surface area contributed by atoms with Gasteiger partial charge < -0.3 is 4.74 Å². The van der Waals surface area contributed by atoms with Crippen molar-refractivity contribution in [3.05, 3.63) is 71.0 Å². The maximum absolute atomic E-state index is 13.3. The Morgan fingerprint density at radius 1 is 1.04 bits per heavy atom. The molecule has 24 heavy (non-hydrogen) atoms. The fourth-order valence-electron chi connectivity index (χ4n) is 2.93. The number of ether oxygens (including phenoxy) is 1. The van der Waals surface area contributed by atoms with Gasteiger partial charge in [0.05, 0.1) is 0 Å². The Morgan fingerprint density at radius 3 is 2.04 bits per heavy atom. The summed E-state index contributed by atoms with van der Waals surface area (Å²) in [6.07, 6.45) is 2.55. The lowest BCUT2D eigenvalue weighted by Gasteiger charge is -2.14. The molecule has 1 heterocycles. The number of hydrogen-bond donors (Lipinski definition) is 0. The van der Waals surface area contributed by atoms with Crippen LogP contribution in [0.25, 0.3) is 5.57 Å². The van der Waals surface area contributed by atoms with E-state index in [1.165, 1.54) is 12.1 Å². The number of thioether (sulfide) groups is 1. The predicted octanol–water partition coefficient (Wildman–Crippen LogP) is 5.08. The van der Waals surface area contributed by atoms with E-state index in [0.29, 0.717) is 12.0 Å². The highest BCUT2D eigenvalue weighted by Gasteiger charge is 2.37. The van der Waals surface area contributed by atoms with Gasteiger partial charge in [-0.3, -0.25) is 0 Å². The molecule has 0 unspecified atom stereocenters. The molecular weight excluding hydrogens is 323 g/mol. The van der Waals surface area contributed by atoms with Crippen molar-refractivity contribution < 1.29 is 13.9 Å². The largest absolute Gasteiger partial charge is 0.456 e. The third-order valence-electron chi connectivity index (χ3n) is 4.03. The molecule has 0 spiro atoms. The van der Waals surface area contributed by atoms with Gasteiger partial charge in [0.25, 0.3) is 0 Å². The average molecular weight is 342 g/mol. The fourth-order valence-corrected chi connectivity index (χ4v) is 3.33. The Bertz CT molecular complexity index is 789. The number of rotatable bonds is 3. The molecule has 0 N–H and O–H groups in total. The molecule has 1 aliphatic heterocycles. The second kappa shape index (κ2) is 6.44. The van der Waals surface area contributed by atoms with Gasteiger partial charge >= 0.3 is 5.97 Å². The van der Waals surface area contributed by atoms with Crippen LogP contribution in [0.2, 0.25) is 0 Å². The first-order chi connectivity index (χ1) is 11.4. The van der Waals surface area contributed by atoms with Crippen LogP contribution in [-0.2, 0) is 9.53 Å². The van der Waals surface area contributed by atoms with E-state index in [0.717, 1.165) is 21.6 Å². The average Bonchev–Trinajstić information content (AvgIpc) is 2.83. The van der Waals surface area contributed by atoms with Gasteiger partial charge in [0, 0.05) is 16.9 Å². The molecule has 0 saturated carbocycles. The number of esters is 1. The van der Waals surface area contributed by atoms with Crippen LogP contribution in [0.15, 0.2) is 59.0 Å². The molecule has 1 fully saturated rings. The van der Waals surface area contributed by atoms with E-state index in [9.17, 15) is 9.18 Å². The highest BCUT2D eigenvalue weighted by molar-refractivity contribution is 7.98. The zero-order chi connectivity index (χ0) is 17.3. The zero-order valence-electron chi connectivity index (χ0n) is 13.9. The lowest BCUT2D eigenvalue weighted by molar-refractivity contribution is -0.143. The van der Waals surface area contributed by atoms with Crippen LogP contribution < -0.4 is 0 Å². The van der Waals surface area contributed by atoms with Gasteiger partial charge in [-0.2, -0.15) is 0 Å². The third kappa shape index (κ3) is 3.39. The zero-order valence-corrected chi connectivity index (χ0v) is 14.7. The maximum atomic E-state index is 13.3. The number of carbonyl (C=O) groups is 1. The Morgan fingerprint density at radius 2 is 1.58 bits per heavy atom. The molecule has 2 aromatic rings. The van der Waals surface area contributed by atoms with Crippen molar-refractivity contribution in [3.63, 3.8) is 0 Å². The van der Waals surface area contributed by atoms with E-state index in [-0.39, 0.29) is 11.8 Å². The van der Waals surface area contributed by atoms with Crippen molar-refractivity contribution in [1.29, 1.82) is 0 Å². The summed E-state index contributed by atoms with van der Waals surface area (Å²) in [5.74, 6) is -0.594. The van der Waals surface area contributed by atoms with Gasteiger partial charge in [0.1, 0.15) is 11.4 Å². The van der Waals surface area contributed by atoms with Gasteiger partial charge in [0.2, 0.25) is 0 Å². The summed E-state index contributed by atoms with van der Waals surface area (Å²) in [6, 6.07) is 14.3. The quantitative estimate of drug-likeness (QED) is 0.442. The van der Waals surface area contributed by atoms with Crippen LogP contribution in [0.5, 0.6) is 0 Å². The molecule has 2 nitrogen and oxygen atoms in total. The number of hydrogen-bond acceptors (Lipinski definition) is 3. The Balaban J connectivity index is 2.17. The topological polar surface area (TPSA) is 26.3 Å². The summed E-state index contributed by atoms with van der Waals surface area (Å²) in [5, 5.41) is 0. The second-order valence-electron chi connectivity index (χ2n) is 6.41. The summed E-state index contributed by atoms with van der Waals surface area (Å²) in [4.78, 5) is 13.6. The summed E-state index contributed by atoms with van der Waals surface area (Å²) >= 11 is 1.66. The van der Waals surface area contributed by atoms with E-state index >= 15 is 0 Å². The molecule has 1 saturated heterocycles. The standard InChI is InChI=1S/C20H19FO2S/c1-20(2)12-17(19(22)23-20)18(13-4-8-15(21)9-5-13)14-6-10-16(24-3)11-7-14/h4-11H,12H2,1-3H3/b18-17-. The molecule has 0 amide bonds. The normalized spacial score (nSPS) is 18.4. The van der Waals surface area contributed by atoms with E-state index in [2.05, 4.69) is 0 Å². The molecule has 0 bridgehead atoms. The van der Waals surface area contributed by atoms with Gasteiger partial charge in [-0.25, -0.2) is 9.18 Å². The molecule has 0 radical (unpaired) electrons. The van der Waals surface area contributed by atoms with Gasteiger partial charge in [-0.1, -0.05) is 24.3 Å². The Hall–Kier alpha value is -2.07. The van der Waals surface area contributed by atoms with Crippen LogP contribution in [0.3, 0.4) is 0 Å². The summed E-state index contributed by atoms with van der Waals surface area (Å²) < 4.78 is 18.8. The monoisotopic (exact) mass is 342 g/mol. The number of carbonyl (C=O) groups excluding carboxylic acids is 1. The van der Waals surface area contributed by atoms with Crippen molar-refractivity contribution in [2.45, 2.75) is 30.8 Å². The molecule has 0 atom stereocenters. The first-order valence-corrected chi connectivity index (χ1v) is 8.99. The van der Waals surface area contributed by atoms with E-state index in [1.807, 2.05) is 44.4 Å². The maximum Gasteiger partial charge on any atom is 0.335 e. The molecule has 4 heteroatoms. The Labute approximate surface area is 145 Å². The minimum atomic E-state index is -0.517. The molecule has 3 rings (SSSR count). The molecule has 1 aliphatic rings. The number of halogens is 1. The molecule has 0 aromatic heterocycles. The van der Waals surface area contributed by atoms with Crippen molar-refractivity contribution >= 4 is 23.3 Å². The number of cyclic esters (lactones) is 1. The van der Waals surface area contributed by atoms with Crippen LogP contribution in [0.1, 0.15) is 31.4 Å². The fraction of sp³-hybridized carbons (Fsp3) is 0.250. The lowest BCUT2D eigenvalue weighted by atomic mass is 9.89. The number of benzene rings is 2. The molecule has 0 aliphatic carbocycles. The first-order valence-electron chi connectivity index (χ1n) is 7.76. The van der Waals surface area contributed by atoms with Crippen molar-refractivity contribution in [2.24, 2.45) is 0 Å². The van der Waals surface area contributed by atoms with Gasteiger partial charge in [0.15, 0.2) is 0 Å². The Kier molecular flexibility index (Phi) is 4.50. The van der Waals surface area contributed by atoms with E-state index < -0.39 is 5.60 Å². The van der Waals surface area contributed by atoms with Crippen LogP contribution >= 0.6 is 11.8 Å². The molecular formula is C20H19FO2S. The predicted molar refractivity (Wildman–Crippen MR) is 95.4 cm³/mol. The van der Waals surface area contributed by atoms with Crippen LogP contribution in [0.4, 0.5) is 4.39 Å². The molecule has 124 valence electrons. The highest BCUT2D eigenvalue weighted by Crippen LogP contribution is 2.38. The summed E-state index contributed by atoms with van der Waals surface area (Å²) in [5.41, 5.74) is 2.69. The lowest BCUT2D eigenvalue weighted by Crippen LogP contribution is -2.17. The summed E-state index contributed by atoms with van der Waals surface area (Å²) in [7, 11) is 0. The van der Waals surface area contributed by atoms with Crippen molar-refractivity contribution in [2.75, 3.05) is 6.26 Å². The minimum absolute atomic E-state index is 0.296. The second-order valence-corrected chi connectivity index (χ2v) is 7.29. The molecule has 2 aromatic carbocycles. The van der Waals surface area contributed by atoms with Gasteiger partial charge in [-0.15, -0.1) is 11.8 Å². The first kappa shape index (κ1) is 16.8. The van der Waals surface area contributed by atoms with Crippen LogP contribution in [-0.4, -0.2) is 17.8 Å². The third-order valence-corrected chi connectivity index (χ3v) is 4.77. The summed E-state index contributed by atoms with van der Waals surface area (Å²) in [6.45, 7) is 3.80. The van der Waals surface area contributed by atoms with Crippen molar-refractivity contribution in [1.82, 2.24) is 0 Å². The minimum Gasteiger partial charge on any atom is -0.456 e.